The zero-order valence-corrected chi connectivity index (χ0v) is 15.4. The molecule has 1 fully saturated rings. The molecule has 3 atom stereocenters. The van der Waals surface area contributed by atoms with Crippen molar-refractivity contribution in [3.05, 3.63) is 47.5 Å². The molecule has 3 unspecified atom stereocenters. The minimum Gasteiger partial charge on any atom is -0.469 e. The van der Waals surface area contributed by atoms with E-state index in [1.807, 2.05) is 0 Å². The maximum absolute atomic E-state index is 12.9. The van der Waals surface area contributed by atoms with Gasteiger partial charge in [0, 0.05) is 12.5 Å². The predicted molar refractivity (Wildman–Crippen MR) is 90.2 cm³/mol. The number of esters is 1. The summed E-state index contributed by atoms with van der Waals surface area (Å²) in [5.74, 6) is -2.49. The average Bonchev–Trinajstić information content (AvgIpc) is 3.42. The van der Waals surface area contributed by atoms with E-state index in [4.69, 9.17) is 0 Å². The molecule has 0 aromatic heterocycles. The maximum atomic E-state index is 12.9. The minimum atomic E-state index is -4.97. The number of amides is 1. The Labute approximate surface area is 162 Å². The topological polar surface area (TPSA) is 55.4 Å². The van der Waals surface area contributed by atoms with Crippen LogP contribution in [0.1, 0.15) is 29.5 Å². The van der Waals surface area contributed by atoms with Gasteiger partial charge in [-0.15, -0.1) is 6.58 Å². The second kappa shape index (κ2) is 8.46. The van der Waals surface area contributed by atoms with Crippen molar-refractivity contribution in [2.75, 3.05) is 7.11 Å². The van der Waals surface area contributed by atoms with Gasteiger partial charge in [0.25, 0.3) is 0 Å². The van der Waals surface area contributed by atoms with Crippen LogP contribution < -0.4 is 5.32 Å². The Balaban J connectivity index is 2.15. The zero-order valence-electron chi connectivity index (χ0n) is 15.4. The van der Waals surface area contributed by atoms with Crippen LogP contribution >= 0.6 is 0 Å². The molecule has 2 rings (SSSR count). The quantitative estimate of drug-likeness (QED) is 0.403. The van der Waals surface area contributed by atoms with Crippen molar-refractivity contribution in [1.82, 2.24) is 5.32 Å². The van der Waals surface area contributed by atoms with Crippen molar-refractivity contribution >= 4 is 11.9 Å². The molecule has 1 aromatic rings. The normalized spacial score (nSPS) is 20.0. The summed E-state index contributed by atoms with van der Waals surface area (Å²) in [4.78, 5) is 24.0. The lowest BCUT2D eigenvalue weighted by Gasteiger charge is -2.17. The highest BCUT2D eigenvalue weighted by molar-refractivity contribution is 5.82. The summed E-state index contributed by atoms with van der Waals surface area (Å²) in [6.45, 7) is 3.01. The van der Waals surface area contributed by atoms with Gasteiger partial charge in [-0.2, -0.15) is 26.3 Å². The molecule has 1 aliphatic carbocycles. The molecule has 0 saturated heterocycles. The van der Waals surface area contributed by atoms with E-state index < -0.39 is 53.7 Å². The standard InChI is InChI=1S/C19H19F6NO3/c1-3-4-13(14-8-15(14)17(28)29-2)16(27)26-9-10-5-11(18(20,21)22)7-12(6-10)19(23,24)25/h3,5-7,13-15H,1,4,8-9H2,2H3,(H,26,27). The lowest BCUT2D eigenvalue weighted by molar-refractivity contribution is -0.144. The Morgan fingerprint density at radius 2 is 1.72 bits per heavy atom. The van der Waals surface area contributed by atoms with Gasteiger partial charge in [-0.1, -0.05) is 6.08 Å². The van der Waals surface area contributed by atoms with Crippen molar-refractivity contribution in [1.29, 1.82) is 0 Å². The summed E-state index contributed by atoms with van der Waals surface area (Å²) in [7, 11) is 1.21. The summed E-state index contributed by atoms with van der Waals surface area (Å²) >= 11 is 0. The van der Waals surface area contributed by atoms with Crippen LogP contribution in [-0.2, 0) is 33.2 Å². The zero-order chi connectivity index (χ0) is 22.0. The monoisotopic (exact) mass is 423 g/mol. The van der Waals surface area contributed by atoms with Crippen LogP contribution in [0.4, 0.5) is 26.3 Å². The van der Waals surface area contributed by atoms with Gasteiger partial charge in [-0.25, -0.2) is 0 Å². The third kappa shape index (κ3) is 5.74. The first kappa shape index (κ1) is 22.8. The van der Waals surface area contributed by atoms with Gasteiger partial charge in [0.2, 0.25) is 5.91 Å². The second-order valence-corrected chi connectivity index (χ2v) is 6.79. The molecule has 1 amide bonds. The molecule has 0 heterocycles. The summed E-state index contributed by atoms with van der Waals surface area (Å²) in [5.41, 5.74) is -3.24. The number of halogens is 6. The second-order valence-electron chi connectivity index (χ2n) is 6.79. The molecule has 0 spiro atoms. The lowest BCUT2D eigenvalue weighted by Crippen LogP contribution is -2.32. The first-order valence-corrected chi connectivity index (χ1v) is 8.63. The fourth-order valence-corrected chi connectivity index (χ4v) is 3.18. The van der Waals surface area contributed by atoms with Gasteiger partial charge in [0.15, 0.2) is 0 Å². The molecule has 1 aromatic carbocycles. The summed E-state index contributed by atoms with van der Waals surface area (Å²) in [6.07, 6.45) is -7.84. The van der Waals surface area contributed by atoms with E-state index in [9.17, 15) is 35.9 Å². The van der Waals surface area contributed by atoms with Crippen LogP contribution in [0.25, 0.3) is 0 Å². The molecule has 0 aliphatic heterocycles. The lowest BCUT2D eigenvalue weighted by atomic mass is 9.96. The van der Waals surface area contributed by atoms with E-state index in [1.54, 1.807) is 0 Å². The number of alkyl halides is 6. The van der Waals surface area contributed by atoms with E-state index >= 15 is 0 Å². The molecule has 1 saturated carbocycles. The van der Waals surface area contributed by atoms with Gasteiger partial charge in [-0.3, -0.25) is 9.59 Å². The predicted octanol–water partition coefficient (Wildman–Crippen LogP) is 4.34. The molecular weight excluding hydrogens is 404 g/mol. The van der Waals surface area contributed by atoms with Crippen molar-refractivity contribution < 1.29 is 40.7 Å². The Morgan fingerprint density at radius 1 is 1.17 bits per heavy atom. The average molecular weight is 423 g/mol. The highest BCUT2D eigenvalue weighted by Crippen LogP contribution is 2.46. The van der Waals surface area contributed by atoms with Gasteiger partial charge in [0.05, 0.1) is 24.2 Å². The van der Waals surface area contributed by atoms with Crippen LogP contribution in [0.2, 0.25) is 0 Å². The number of hydrogen-bond acceptors (Lipinski definition) is 3. The molecule has 29 heavy (non-hydrogen) atoms. The Bertz CT molecular complexity index is 755. The van der Waals surface area contributed by atoms with Crippen LogP contribution in [-0.4, -0.2) is 19.0 Å². The number of nitrogens with one attached hydrogen (secondary N) is 1. The van der Waals surface area contributed by atoms with Gasteiger partial charge < -0.3 is 10.1 Å². The Kier molecular flexibility index (Phi) is 6.64. The van der Waals surface area contributed by atoms with Crippen molar-refractivity contribution in [2.45, 2.75) is 31.7 Å². The first-order chi connectivity index (χ1) is 13.4. The van der Waals surface area contributed by atoms with Gasteiger partial charge in [0.1, 0.15) is 0 Å². The number of methoxy groups -OCH3 is 1. The fourth-order valence-electron chi connectivity index (χ4n) is 3.18. The van der Waals surface area contributed by atoms with E-state index in [0.717, 1.165) is 0 Å². The largest absolute Gasteiger partial charge is 0.469 e. The molecule has 4 nitrogen and oxygen atoms in total. The Morgan fingerprint density at radius 3 is 2.17 bits per heavy atom. The number of ether oxygens (including phenoxy) is 1. The van der Waals surface area contributed by atoms with Crippen molar-refractivity contribution in [2.24, 2.45) is 17.8 Å². The molecule has 0 radical (unpaired) electrons. The smallest absolute Gasteiger partial charge is 0.416 e. The van der Waals surface area contributed by atoms with Crippen LogP contribution in [0, 0.1) is 17.8 Å². The highest BCUT2D eigenvalue weighted by Gasteiger charge is 2.50. The van der Waals surface area contributed by atoms with Crippen LogP contribution in [0.15, 0.2) is 30.9 Å². The fraction of sp³-hybridized carbons (Fsp3) is 0.474. The van der Waals surface area contributed by atoms with E-state index in [1.165, 1.54) is 13.2 Å². The van der Waals surface area contributed by atoms with Gasteiger partial charge >= 0.3 is 18.3 Å². The van der Waals surface area contributed by atoms with Gasteiger partial charge in [-0.05, 0) is 42.5 Å². The van der Waals surface area contributed by atoms with E-state index in [0.29, 0.717) is 18.6 Å². The number of rotatable bonds is 7. The van der Waals surface area contributed by atoms with E-state index in [2.05, 4.69) is 16.6 Å². The minimum absolute atomic E-state index is 0.0248. The van der Waals surface area contributed by atoms with Crippen molar-refractivity contribution in [3.8, 4) is 0 Å². The third-order valence-corrected chi connectivity index (χ3v) is 4.73. The number of allylic oxidation sites excluding steroid dienone is 1. The van der Waals surface area contributed by atoms with Crippen LogP contribution in [0.3, 0.4) is 0 Å². The molecule has 1 aliphatic rings. The molecule has 160 valence electrons. The van der Waals surface area contributed by atoms with Crippen LogP contribution in [0.5, 0.6) is 0 Å². The highest BCUT2D eigenvalue weighted by atomic mass is 19.4. The van der Waals surface area contributed by atoms with Crippen molar-refractivity contribution in [3.63, 3.8) is 0 Å². The summed E-state index contributed by atoms with van der Waals surface area (Å²) < 4.78 is 82.1. The van der Waals surface area contributed by atoms with E-state index in [-0.39, 0.29) is 24.0 Å². The number of benzene rings is 1. The molecule has 10 heteroatoms. The molecular formula is C19H19F6NO3. The Hall–Kier alpha value is -2.52. The third-order valence-electron chi connectivity index (χ3n) is 4.73. The summed E-state index contributed by atoms with van der Waals surface area (Å²) in [5, 5.41) is 2.37. The number of hydrogen-bond donors (Lipinski definition) is 1. The first-order valence-electron chi connectivity index (χ1n) is 8.63. The number of carbonyl (C=O) groups excluding carboxylic acids is 2. The maximum Gasteiger partial charge on any atom is 0.416 e. The number of carbonyl (C=O) groups is 2. The SMILES string of the molecule is C=CCC(C(=O)NCc1cc(C(F)(F)F)cc(C(F)(F)F)c1)C1CC1C(=O)OC. The molecule has 1 N–H and O–H groups in total. The summed E-state index contributed by atoms with van der Waals surface area (Å²) in [6, 6.07) is 1.15. The molecule has 0 bridgehead atoms.